The van der Waals surface area contributed by atoms with Gasteiger partial charge in [0.1, 0.15) is 23.5 Å². The summed E-state index contributed by atoms with van der Waals surface area (Å²) in [6, 6.07) is 10.6. The standard InChI is InChI=1S/C21H23N3O4/c1-14-11-17(28-21-16(12-22)5-3-9-23-21)7-8-19(14)24-20(25)15(2)27-13-18-6-4-10-26-18/h3,5,7-9,11,15,18H,4,6,10,13H2,1-2H3,(H,24,25)/t15-,18-/m0/s1. The van der Waals surface area contributed by atoms with E-state index in [9.17, 15) is 4.79 Å². The molecule has 2 atom stereocenters. The van der Waals surface area contributed by atoms with Crippen LogP contribution in [0.25, 0.3) is 0 Å². The number of aryl methyl sites for hydroxylation is 1. The molecular formula is C21H23N3O4. The highest BCUT2D eigenvalue weighted by molar-refractivity contribution is 5.94. The number of anilines is 1. The fraction of sp³-hybridized carbons (Fsp3) is 0.381. The number of hydrogen-bond donors (Lipinski definition) is 1. The summed E-state index contributed by atoms with van der Waals surface area (Å²) in [4.78, 5) is 16.5. The van der Waals surface area contributed by atoms with E-state index in [1.54, 1.807) is 43.5 Å². The molecule has 0 aliphatic carbocycles. The summed E-state index contributed by atoms with van der Waals surface area (Å²) in [6.07, 6.45) is 3.08. The Kier molecular flexibility index (Phi) is 6.58. The number of ether oxygens (including phenoxy) is 3. The van der Waals surface area contributed by atoms with Crippen LogP contribution in [0.1, 0.15) is 30.9 Å². The number of benzene rings is 1. The third-order valence-corrected chi connectivity index (χ3v) is 4.49. The lowest BCUT2D eigenvalue weighted by atomic mass is 10.2. The van der Waals surface area contributed by atoms with Crippen LogP contribution in [0.5, 0.6) is 11.6 Å². The molecule has 7 heteroatoms. The average Bonchev–Trinajstić information content (AvgIpc) is 3.22. The number of hydrogen-bond acceptors (Lipinski definition) is 6. The Balaban J connectivity index is 1.59. The molecule has 0 bridgehead atoms. The minimum Gasteiger partial charge on any atom is -0.438 e. The van der Waals surface area contributed by atoms with Gasteiger partial charge in [0.05, 0.1) is 12.7 Å². The zero-order valence-corrected chi connectivity index (χ0v) is 16.0. The van der Waals surface area contributed by atoms with E-state index in [1.165, 1.54) is 0 Å². The minimum atomic E-state index is -0.578. The molecule has 1 aliphatic rings. The Morgan fingerprint density at radius 1 is 1.46 bits per heavy atom. The van der Waals surface area contributed by atoms with E-state index in [2.05, 4.69) is 10.3 Å². The number of carbonyl (C=O) groups is 1. The van der Waals surface area contributed by atoms with Gasteiger partial charge in [-0.25, -0.2) is 4.98 Å². The molecule has 1 N–H and O–H groups in total. The molecule has 1 aromatic carbocycles. The molecule has 2 aromatic rings. The van der Waals surface area contributed by atoms with Crippen molar-refractivity contribution in [3.63, 3.8) is 0 Å². The van der Waals surface area contributed by atoms with Crippen LogP contribution in [0.15, 0.2) is 36.5 Å². The largest absolute Gasteiger partial charge is 0.438 e. The number of rotatable bonds is 7. The van der Waals surface area contributed by atoms with Gasteiger partial charge in [0.2, 0.25) is 5.88 Å². The molecule has 0 spiro atoms. The fourth-order valence-corrected chi connectivity index (χ4v) is 2.85. The van der Waals surface area contributed by atoms with E-state index in [-0.39, 0.29) is 17.9 Å². The number of pyridine rings is 1. The molecule has 28 heavy (non-hydrogen) atoms. The highest BCUT2D eigenvalue weighted by Gasteiger charge is 2.20. The molecule has 2 heterocycles. The lowest BCUT2D eigenvalue weighted by molar-refractivity contribution is -0.128. The van der Waals surface area contributed by atoms with Crippen molar-refractivity contribution in [2.24, 2.45) is 0 Å². The van der Waals surface area contributed by atoms with E-state index in [4.69, 9.17) is 19.5 Å². The lowest BCUT2D eigenvalue weighted by Gasteiger charge is -2.17. The number of aromatic nitrogens is 1. The van der Waals surface area contributed by atoms with Crippen molar-refractivity contribution in [1.82, 2.24) is 4.98 Å². The van der Waals surface area contributed by atoms with Crippen molar-refractivity contribution in [3.8, 4) is 17.7 Å². The first kappa shape index (κ1) is 19.8. The van der Waals surface area contributed by atoms with Crippen LogP contribution in [0.3, 0.4) is 0 Å². The molecule has 1 aliphatic heterocycles. The lowest BCUT2D eigenvalue weighted by Crippen LogP contribution is -2.30. The Morgan fingerprint density at radius 2 is 2.32 bits per heavy atom. The van der Waals surface area contributed by atoms with E-state index in [0.29, 0.717) is 23.6 Å². The highest BCUT2D eigenvalue weighted by atomic mass is 16.5. The molecular weight excluding hydrogens is 358 g/mol. The van der Waals surface area contributed by atoms with Gasteiger partial charge in [0, 0.05) is 18.5 Å². The van der Waals surface area contributed by atoms with Crippen LogP contribution >= 0.6 is 0 Å². The third-order valence-electron chi connectivity index (χ3n) is 4.49. The smallest absolute Gasteiger partial charge is 0.253 e. The third kappa shape index (κ3) is 5.06. The van der Waals surface area contributed by atoms with Crippen LogP contribution in [0.2, 0.25) is 0 Å². The quantitative estimate of drug-likeness (QED) is 0.788. The van der Waals surface area contributed by atoms with Crippen molar-refractivity contribution in [2.45, 2.75) is 38.9 Å². The molecule has 0 radical (unpaired) electrons. The van der Waals surface area contributed by atoms with E-state index < -0.39 is 6.10 Å². The Morgan fingerprint density at radius 3 is 3.04 bits per heavy atom. The van der Waals surface area contributed by atoms with Crippen molar-refractivity contribution >= 4 is 11.6 Å². The number of carbonyl (C=O) groups excluding carboxylic acids is 1. The Bertz CT molecular complexity index is 872. The summed E-state index contributed by atoms with van der Waals surface area (Å²) >= 11 is 0. The van der Waals surface area contributed by atoms with Gasteiger partial charge in [0.15, 0.2) is 0 Å². The monoisotopic (exact) mass is 381 g/mol. The van der Waals surface area contributed by atoms with Gasteiger partial charge in [0.25, 0.3) is 5.91 Å². The van der Waals surface area contributed by atoms with Crippen LogP contribution < -0.4 is 10.1 Å². The van der Waals surface area contributed by atoms with E-state index >= 15 is 0 Å². The van der Waals surface area contributed by atoms with Gasteiger partial charge in [-0.1, -0.05) is 0 Å². The predicted octanol–water partition coefficient (Wildman–Crippen LogP) is 3.58. The molecule has 1 saturated heterocycles. The van der Waals surface area contributed by atoms with Gasteiger partial charge < -0.3 is 19.5 Å². The second-order valence-electron chi connectivity index (χ2n) is 6.65. The van der Waals surface area contributed by atoms with E-state index in [0.717, 1.165) is 25.0 Å². The van der Waals surface area contributed by atoms with Gasteiger partial charge in [-0.15, -0.1) is 0 Å². The second-order valence-corrected chi connectivity index (χ2v) is 6.65. The van der Waals surface area contributed by atoms with Crippen molar-refractivity contribution in [3.05, 3.63) is 47.7 Å². The summed E-state index contributed by atoms with van der Waals surface area (Å²) in [6.45, 7) is 4.77. The first-order valence-corrected chi connectivity index (χ1v) is 9.24. The molecule has 1 fully saturated rings. The highest BCUT2D eigenvalue weighted by Crippen LogP contribution is 2.27. The topological polar surface area (TPSA) is 93.5 Å². The van der Waals surface area contributed by atoms with Gasteiger partial charge in [-0.05, 0) is 62.6 Å². The summed E-state index contributed by atoms with van der Waals surface area (Å²) in [5.41, 5.74) is 1.85. The molecule has 146 valence electrons. The Hall–Kier alpha value is -2.95. The molecule has 7 nitrogen and oxygen atoms in total. The second kappa shape index (κ2) is 9.31. The van der Waals surface area contributed by atoms with Gasteiger partial charge >= 0.3 is 0 Å². The van der Waals surface area contributed by atoms with E-state index in [1.807, 2.05) is 13.0 Å². The van der Waals surface area contributed by atoms with Crippen LogP contribution in [0, 0.1) is 18.3 Å². The molecule has 1 amide bonds. The SMILES string of the molecule is Cc1cc(Oc2ncccc2C#N)ccc1NC(=O)[C@H](C)OC[C@@H]1CCCO1. The summed E-state index contributed by atoms with van der Waals surface area (Å²) in [5.74, 6) is 0.567. The maximum Gasteiger partial charge on any atom is 0.253 e. The number of nitrogens with one attached hydrogen (secondary N) is 1. The average molecular weight is 381 g/mol. The number of amides is 1. The van der Waals surface area contributed by atoms with Gasteiger partial charge in [-0.2, -0.15) is 5.26 Å². The zero-order chi connectivity index (χ0) is 19.9. The van der Waals surface area contributed by atoms with Crippen LogP contribution in [0.4, 0.5) is 5.69 Å². The normalized spacial score (nSPS) is 17.0. The molecule has 1 aromatic heterocycles. The summed E-state index contributed by atoms with van der Waals surface area (Å²) < 4.78 is 16.8. The molecule has 0 saturated carbocycles. The van der Waals surface area contributed by atoms with Crippen molar-refractivity contribution in [1.29, 1.82) is 5.26 Å². The first-order valence-electron chi connectivity index (χ1n) is 9.24. The number of nitriles is 1. The fourth-order valence-electron chi connectivity index (χ4n) is 2.85. The summed E-state index contributed by atoms with van der Waals surface area (Å²) in [5, 5.41) is 12.0. The van der Waals surface area contributed by atoms with Crippen molar-refractivity contribution < 1.29 is 19.0 Å². The zero-order valence-electron chi connectivity index (χ0n) is 16.0. The van der Waals surface area contributed by atoms with Crippen LogP contribution in [-0.4, -0.2) is 36.3 Å². The maximum absolute atomic E-state index is 12.4. The Labute approximate surface area is 164 Å². The predicted molar refractivity (Wildman–Crippen MR) is 103 cm³/mol. The summed E-state index contributed by atoms with van der Waals surface area (Å²) in [7, 11) is 0. The molecule has 0 unspecified atom stereocenters. The first-order chi connectivity index (χ1) is 13.6. The van der Waals surface area contributed by atoms with Crippen molar-refractivity contribution in [2.75, 3.05) is 18.5 Å². The maximum atomic E-state index is 12.4. The van der Waals surface area contributed by atoms with Crippen LogP contribution in [-0.2, 0) is 14.3 Å². The minimum absolute atomic E-state index is 0.0818. The number of nitrogens with zero attached hydrogens (tertiary/aromatic N) is 2. The molecule has 3 rings (SSSR count). The van der Waals surface area contributed by atoms with Gasteiger partial charge in [-0.3, -0.25) is 4.79 Å².